The lowest BCUT2D eigenvalue weighted by Crippen LogP contribution is -2.38. The normalized spacial score (nSPS) is 24.1. The molecule has 108 valence electrons. The molecule has 1 saturated heterocycles. The Morgan fingerprint density at radius 2 is 2.05 bits per heavy atom. The molecule has 0 bridgehead atoms. The van der Waals surface area contributed by atoms with Crippen molar-refractivity contribution in [3.63, 3.8) is 0 Å². The van der Waals surface area contributed by atoms with E-state index in [0.29, 0.717) is 0 Å². The van der Waals surface area contributed by atoms with Crippen LogP contribution in [0, 0.1) is 11.8 Å². The van der Waals surface area contributed by atoms with E-state index in [1.165, 1.54) is 18.1 Å². The van der Waals surface area contributed by atoms with Gasteiger partial charge in [0.1, 0.15) is 0 Å². The molecule has 1 heterocycles. The van der Waals surface area contributed by atoms with Crippen LogP contribution in [0.25, 0.3) is 6.08 Å². The van der Waals surface area contributed by atoms with Crippen LogP contribution in [-0.2, 0) is 11.3 Å². The van der Waals surface area contributed by atoms with Gasteiger partial charge in [0, 0.05) is 25.7 Å². The first-order valence-corrected chi connectivity index (χ1v) is 7.25. The lowest BCUT2D eigenvalue weighted by molar-refractivity contribution is -0.131. The number of carboxylic acid groups (broad SMARTS) is 1. The Kier molecular flexibility index (Phi) is 4.96. The quantitative estimate of drug-likeness (QED) is 0.856. The molecule has 1 aromatic carbocycles. The maximum Gasteiger partial charge on any atom is 0.328 e. The third kappa shape index (κ3) is 4.49. The van der Waals surface area contributed by atoms with Crippen molar-refractivity contribution in [2.45, 2.75) is 26.8 Å². The van der Waals surface area contributed by atoms with Crippen molar-refractivity contribution in [3.05, 3.63) is 41.5 Å². The van der Waals surface area contributed by atoms with Crippen LogP contribution in [-0.4, -0.2) is 29.1 Å². The van der Waals surface area contributed by atoms with Gasteiger partial charge in [-0.05, 0) is 35.5 Å². The van der Waals surface area contributed by atoms with Crippen LogP contribution in [0.3, 0.4) is 0 Å². The summed E-state index contributed by atoms with van der Waals surface area (Å²) in [5.41, 5.74) is 2.20. The molecule has 1 fully saturated rings. The molecule has 0 radical (unpaired) electrons. The summed E-state index contributed by atoms with van der Waals surface area (Å²) in [4.78, 5) is 13.1. The van der Waals surface area contributed by atoms with Crippen molar-refractivity contribution in [2.24, 2.45) is 11.8 Å². The number of hydrogen-bond acceptors (Lipinski definition) is 2. The first-order chi connectivity index (χ1) is 9.52. The van der Waals surface area contributed by atoms with Gasteiger partial charge in [0.2, 0.25) is 0 Å². The molecule has 3 nitrogen and oxygen atoms in total. The molecular formula is C17H23NO2. The zero-order valence-electron chi connectivity index (χ0n) is 12.2. The Morgan fingerprint density at radius 1 is 1.35 bits per heavy atom. The van der Waals surface area contributed by atoms with E-state index in [1.807, 2.05) is 12.1 Å². The van der Waals surface area contributed by atoms with Crippen molar-refractivity contribution < 1.29 is 9.90 Å². The van der Waals surface area contributed by atoms with Crippen molar-refractivity contribution in [1.82, 2.24) is 4.90 Å². The second-order valence-corrected chi connectivity index (χ2v) is 6.06. The molecule has 0 aromatic heterocycles. The van der Waals surface area contributed by atoms with Crippen LogP contribution in [0.2, 0.25) is 0 Å². The molecule has 1 aliphatic rings. The summed E-state index contributed by atoms with van der Waals surface area (Å²) < 4.78 is 0. The van der Waals surface area contributed by atoms with E-state index >= 15 is 0 Å². The number of benzene rings is 1. The molecular weight excluding hydrogens is 250 g/mol. The Bertz CT molecular complexity index is 486. The van der Waals surface area contributed by atoms with E-state index in [1.54, 1.807) is 6.08 Å². The molecule has 2 unspecified atom stereocenters. The lowest BCUT2D eigenvalue weighted by atomic mass is 9.91. The third-order valence-electron chi connectivity index (χ3n) is 3.72. The van der Waals surface area contributed by atoms with Gasteiger partial charge in [-0.3, -0.25) is 4.90 Å². The summed E-state index contributed by atoms with van der Waals surface area (Å²) in [6, 6.07) is 8.11. The van der Waals surface area contributed by atoms with Crippen molar-refractivity contribution >= 4 is 12.0 Å². The largest absolute Gasteiger partial charge is 0.478 e. The van der Waals surface area contributed by atoms with E-state index in [2.05, 4.69) is 30.9 Å². The van der Waals surface area contributed by atoms with E-state index in [4.69, 9.17) is 5.11 Å². The van der Waals surface area contributed by atoms with Crippen LogP contribution in [0.15, 0.2) is 30.3 Å². The Morgan fingerprint density at radius 3 is 2.70 bits per heavy atom. The molecule has 0 spiro atoms. The number of carbonyl (C=O) groups is 1. The molecule has 0 aliphatic carbocycles. The third-order valence-corrected chi connectivity index (χ3v) is 3.72. The van der Waals surface area contributed by atoms with Gasteiger partial charge in [0.15, 0.2) is 0 Å². The van der Waals surface area contributed by atoms with Crippen LogP contribution >= 0.6 is 0 Å². The SMILES string of the molecule is CC1CC(C)CN(Cc2cccc(C=CC(=O)O)c2)C1. The lowest BCUT2D eigenvalue weighted by Gasteiger charge is -2.35. The zero-order chi connectivity index (χ0) is 14.5. The van der Waals surface area contributed by atoms with Crippen molar-refractivity contribution in [2.75, 3.05) is 13.1 Å². The Labute approximate surface area is 120 Å². The summed E-state index contributed by atoms with van der Waals surface area (Å²) in [6.07, 6.45) is 4.15. The van der Waals surface area contributed by atoms with E-state index < -0.39 is 5.97 Å². The highest BCUT2D eigenvalue weighted by molar-refractivity contribution is 5.85. The minimum Gasteiger partial charge on any atom is -0.478 e. The highest BCUT2D eigenvalue weighted by atomic mass is 16.4. The van der Waals surface area contributed by atoms with Gasteiger partial charge in [-0.25, -0.2) is 4.79 Å². The first kappa shape index (κ1) is 14.8. The summed E-state index contributed by atoms with van der Waals surface area (Å²) in [6.45, 7) is 7.88. The number of aliphatic carboxylic acids is 1. The zero-order valence-corrected chi connectivity index (χ0v) is 12.2. The number of hydrogen-bond donors (Lipinski definition) is 1. The molecule has 1 N–H and O–H groups in total. The summed E-state index contributed by atoms with van der Waals surface area (Å²) in [5, 5.41) is 8.67. The fraction of sp³-hybridized carbons (Fsp3) is 0.471. The number of likely N-dealkylation sites (tertiary alicyclic amines) is 1. The van der Waals surface area contributed by atoms with E-state index in [0.717, 1.165) is 37.0 Å². The number of piperidine rings is 1. The molecule has 0 amide bonds. The highest BCUT2D eigenvalue weighted by Crippen LogP contribution is 2.22. The van der Waals surface area contributed by atoms with Gasteiger partial charge in [-0.1, -0.05) is 38.1 Å². The van der Waals surface area contributed by atoms with E-state index in [-0.39, 0.29) is 0 Å². The molecule has 2 rings (SSSR count). The topological polar surface area (TPSA) is 40.5 Å². The Balaban J connectivity index is 2.02. The predicted octanol–water partition coefficient (Wildman–Crippen LogP) is 3.26. The van der Waals surface area contributed by atoms with Crippen molar-refractivity contribution in [1.29, 1.82) is 0 Å². The van der Waals surface area contributed by atoms with Gasteiger partial charge >= 0.3 is 5.97 Å². The maximum atomic E-state index is 10.6. The number of nitrogens with zero attached hydrogens (tertiary/aromatic N) is 1. The fourth-order valence-electron chi connectivity index (χ4n) is 3.14. The molecule has 0 saturated carbocycles. The second-order valence-electron chi connectivity index (χ2n) is 6.06. The van der Waals surface area contributed by atoms with Gasteiger partial charge in [-0.2, -0.15) is 0 Å². The van der Waals surface area contributed by atoms with Gasteiger partial charge in [-0.15, -0.1) is 0 Å². The summed E-state index contributed by atoms with van der Waals surface area (Å²) in [7, 11) is 0. The van der Waals surface area contributed by atoms with Gasteiger partial charge in [0.05, 0.1) is 0 Å². The molecule has 2 atom stereocenters. The van der Waals surface area contributed by atoms with Crippen LogP contribution in [0.4, 0.5) is 0 Å². The standard InChI is InChI=1S/C17H23NO2/c1-13-8-14(2)11-18(10-13)12-16-5-3-4-15(9-16)6-7-17(19)20/h3-7,9,13-14H,8,10-12H2,1-2H3,(H,19,20). The average molecular weight is 273 g/mol. The number of rotatable bonds is 4. The van der Waals surface area contributed by atoms with E-state index in [9.17, 15) is 4.79 Å². The average Bonchev–Trinajstić information content (AvgIpc) is 2.35. The first-order valence-electron chi connectivity index (χ1n) is 7.25. The number of carboxylic acids is 1. The summed E-state index contributed by atoms with van der Waals surface area (Å²) in [5.74, 6) is 0.608. The minimum atomic E-state index is -0.908. The molecule has 1 aromatic rings. The second kappa shape index (κ2) is 6.71. The highest BCUT2D eigenvalue weighted by Gasteiger charge is 2.21. The van der Waals surface area contributed by atoms with Gasteiger partial charge < -0.3 is 5.11 Å². The molecule has 20 heavy (non-hydrogen) atoms. The Hall–Kier alpha value is -1.61. The van der Waals surface area contributed by atoms with Crippen molar-refractivity contribution in [3.8, 4) is 0 Å². The van der Waals surface area contributed by atoms with Crippen LogP contribution in [0.5, 0.6) is 0 Å². The molecule has 1 aliphatic heterocycles. The maximum absolute atomic E-state index is 10.6. The minimum absolute atomic E-state index is 0.758. The van der Waals surface area contributed by atoms with Gasteiger partial charge in [0.25, 0.3) is 0 Å². The molecule has 3 heteroatoms. The smallest absolute Gasteiger partial charge is 0.328 e. The monoisotopic (exact) mass is 273 g/mol. The van der Waals surface area contributed by atoms with Crippen LogP contribution in [0.1, 0.15) is 31.4 Å². The predicted molar refractivity (Wildman–Crippen MR) is 81.3 cm³/mol. The fourth-order valence-corrected chi connectivity index (χ4v) is 3.14. The van der Waals surface area contributed by atoms with Crippen LogP contribution < -0.4 is 0 Å². The summed E-state index contributed by atoms with van der Waals surface area (Å²) >= 11 is 0.